The van der Waals surface area contributed by atoms with Gasteiger partial charge in [0.25, 0.3) is 0 Å². The Morgan fingerprint density at radius 3 is 2.27 bits per heavy atom. The van der Waals surface area contributed by atoms with Gasteiger partial charge in [-0.1, -0.05) is 12.1 Å². The van der Waals surface area contributed by atoms with Crippen LogP contribution in [0, 0.1) is 0 Å². The molecule has 1 saturated heterocycles. The fourth-order valence-corrected chi connectivity index (χ4v) is 2.51. The third-order valence-electron chi connectivity index (χ3n) is 3.87. The first-order chi connectivity index (χ1) is 12.5. The smallest absolute Gasteiger partial charge is 0.409 e. The lowest BCUT2D eigenvalue weighted by Gasteiger charge is -2.33. The number of amides is 3. The minimum Gasteiger partial charge on any atom is -0.465 e. The number of rotatable bonds is 3. The van der Waals surface area contributed by atoms with Gasteiger partial charge in [-0.25, -0.2) is 9.59 Å². The molecule has 0 spiro atoms. The Balaban J connectivity index is 1.96. The first-order valence-electron chi connectivity index (χ1n) is 8.17. The molecule has 1 heterocycles. The number of nitrogens with one attached hydrogen (secondary N) is 1. The molecule has 2 rings (SSSR count). The molecule has 1 fully saturated rings. The Kier molecular flexibility index (Phi) is 6.54. The average Bonchev–Trinajstić information content (AvgIpc) is 2.67. The maximum atomic E-state index is 12.3. The molecule has 9 nitrogen and oxygen atoms in total. The van der Waals surface area contributed by atoms with Crippen molar-refractivity contribution in [1.82, 2.24) is 9.80 Å². The maximum Gasteiger partial charge on any atom is 0.409 e. The highest BCUT2D eigenvalue weighted by Gasteiger charge is 2.29. The van der Waals surface area contributed by atoms with E-state index in [1.807, 2.05) is 0 Å². The van der Waals surface area contributed by atoms with Gasteiger partial charge in [-0.15, -0.1) is 0 Å². The molecule has 1 aliphatic heterocycles. The standard InChI is InChI=1S/C17H21N3O6/c1-3-26-17(24)20-10-8-19(9-11-20)15(22)14(21)18-13-7-5-4-6-12(13)16(23)25-2/h4-7H,3,8-11H2,1-2H3,(H,18,21). The second kappa shape index (κ2) is 8.84. The lowest BCUT2D eigenvalue weighted by molar-refractivity contribution is -0.144. The molecule has 1 aromatic rings. The molecule has 26 heavy (non-hydrogen) atoms. The number of ether oxygens (including phenoxy) is 2. The van der Waals surface area contributed by atoms with Gasteiger partial charge in [-0.3, -0.25) is 9.59 Å². The quantitative estimate of drug-likeness (QED) is 0.626. The molecule has 3 amide bonds. The van der Waals surface area contributed by atoms with E-state index in [0.717, 1.165) is 0 Å². The van der Waals surface area contributed by atoms with Crippen LogP contribution in [0.4, 0.5) is 10.5 Å². The Labute approximate surface area is 150 Å². The average molecular weight is 363 g/mol. The molecule has 0 aliphatic carbocycles. The third kappa shape index (κ3) is 4.50. The lowest BCUT2D eigenvalue weighted by atomic mass is 10.2. The van der Waals surface area contributed by atoms with E-state index in [9.17, 15) is 19.2 Å². The zero-order valence-corrected chi connectivity index (χ0v) is 14.7. The van der Waals surface area contributed by atoms with Crippen LogP contribution in [-0.2, 0) is 19.1 Å². The number of nitrogens with zero attached hydrogens (tertiary/aromatic N) is 2. The van der Waals surface area contributed by atoms with Crippen LogP contribution in [0.1, 0.15) is 17.3 Å². The number of esters is 1. The van der Waals surface area contributed by atoms with Gasteiger partial charge in [0.15, 0.2) is 0 Å². The fourth-order valence-electron chi connectivity index (χ4n) is 2.51. The molecule has 1 aliphatic rings. The van der Waals surface area contributed by atoms with Crippen molar-refractivity contribution in [3.05, 3.63) is 29.8 Å². The van der Waals surface area contributed by atoms with Crippen molar-refractivity contribution < 1.29 is 28.7 Å². The van der Waals surface area contributed by atoms with Crippen molar-refractivity contribution in [2.75, 3.05) is 45.2 Å². The van der Waals surface area contributed by atoms with Crippen molar-refractivity contribution in [3.63, 3.8) is 0 Å². The number of piperazine rings is 1. The summed E-state index contributed by atoms with van der Waals surface area (Å²) in [5, 5.41) is 2.44. The molecule has 1 aromatic carbocycles. The molecule has 0 unspecified atom stereocenters. The Morgan fingerprint density at radius 2 is 1.65 bits per heavy atom. The zero-order valence-electron chi connectivity index (χ0n) is 14.7. The summed E-state index contributed by atoms with van der Waals surface area (Å²) in [4.78, 5) is 50.8. The number of hydrogen-bond acceptors (Lipinski definition) is 6. The van der Waals surface area contributed by atoms with E-state index in [1.165, 1.54) is 29.0 Å². The third-order valence-corrected chi connectivity index (χ3v) is 3.87. The van der Waals surface area contributed by atoms with E-state index < -0.39 is 23.9 Å². The second-order valence-electron chi connectivity index (χ2n) is 5.47. The highest BCUT2D eigenvalue weighted by Crippen LogP contribution is 2.16. The second-order valence-corrected chi connectivity index (χ2v) is 5.47. The van der Waals surface area contributed by atoms with Gasteiger partial charge in [0.2, 0.25) is 0 Å². The maximum absolute atomic E-state index is 12.3. The van der Waals surface area contributed by atoms with Crippen LogP contribution in [-0.4, -0.2) is 73.6 Å². The van der Waals surface area contributed by atoms with Crippen LogP contribution in [0.15, 0.2) is 24.3 Å². The molecule has 0 atom stereocenters. The number of carbonyl (C=O) groups is 4. The number of carbonyl (C=O) groups excluding carboxylic acids is 4. The highest BCUT2D eigenvalue weighted by molar-refractivity contribution is 6.39. The van der Waals surface area contributed by atoms with Crippen LogP contribution in [0.25, 0.3) is 0 Å². The predicted octanol–water partition coefficient (Wildman–Crippen LogP) is 0.712. The summed E-state index contributed by atoms with van der Waals surface area (Å²) in [7, 11) is 1.23. The number of para-hydroxylation sites is 1. The number of anilines is 1. The van der Waals surface area contributed by atoms with Gasteiger partial charge in [0.05, 0.1) is 25.0 Å². The van der Waals surface area contributed by atoms with Gasteiger partial charge in [-0.05, 0) is 19.1 Å². The predicted molar refractivity (Wildman–Crippen MR) is 91.6 cm³/mol. The normalized spacial score (nSPS) is 13.8. The SMILES string of the molecule is CCOC(=O)N1CCN(C(=O)C(=O)Nc2ccccc2C(=O)OC)CC1. The molecular weight excluding hydrogens is 342 g/mol. The topological polar surface area (TPSA) is 105 Å². The lowest BCUT2D eigenvalue weighted by Crippen LogP contribution is -2.53. The van der Waals surface area contributed by atoms with Crippen molar-refractivity contribution in [2.45, 2.75) is 6.92 Å². The summed E-state index contributed by atoms with van der Waals surface area (Å²) < 4.78 is 9.56. The minimum atomic E-state index is -0.856. The molecule has 140 valence electrons. The van der Waals surface area contributed by atoms with E-state index in [4.69, 9.17) is 4.74 Å². The van der Waals surface area contributed by atoms with Crippen molar-refractivity contribution in [2.24, 2.45) is 0 Å². The monoisotopic (exact) mass is 363 g/mol. The van der Waals surface area contributed by atoms with Crippen molar-refractivity contribution in [3.8, 4) is 0 Å². The van der Waals surface area contributed by atoms with Gasteiger partial charge < -0.3 is 24.6 Å². The first kappa shape index (κ1) is 19.2. The van der Waals surface area contributed by atoms with Crippen LogP contribution in [0.3, 0.4) is 0 Å². The molecular formula is C17H21N3O6. The van der Waals surface area contributed by atoms with Gasteiger partial charge >= 0.3 is 23.9 Å². The van der Waals surface area contributed by atoms with Crippen LogP contribution >= 0.6 is 0 Å². The zero-order chi connectivity index (χ0) is 19.1. The molecule has 0 bridgehead atoms. The number of methoxy groups -OCH3 is 1. The van der Waals surface area contributed by atoms with Crippen LogP contribution in [0.2, 0.25) is 0 Å². The largest absolute Gasteiger partial charge is 0.465 e. The summed E-state index contributed by atoms with van der Waals surface area (Å²) in [5.74, 6) is -2.20. The first-order valence-corrected chi connectivity index (χ1v) is 8.17. The van der Waals surface area contributed by atoms with E-state index in [2.05, 4.69) is 10.1 Å². The summed E-state index contributed by atoms with van der Waals surface area (Å²) in [5.41, 5.74) is 0.353. The van der Waals surface area contributed by atoms with Gasteiger partial charge in [-0.2, -0.15) is 0 Å². The van der Waals surface area contributed by atoms with E-state index in [0.29, 0.717) is 0 Å². The molecule has 0 saturated carbocycles. The molecule has 9 heteroatoms. The fraction of sp³-hybridized carbons (Fsp3) is 0.412. The van der Waals surface area contributed by atoms with Crippen LogP contribution < -0.4 is 5.32 Å². The molecule has 0 aromatic heterocycles. The van der Waals surface area contributed by atoms with Crippen molar-refractivity contribution in [1.29, 1.82) is 0 Å². The van der Waals surface area contributed by atoms with Crippen molar-refractivity contribution >= 4 is 29.6 Å². The van der Waals surface area contributed by atoms with E-state index in [1.54, 1.807) is 19.1 Å². The number of benzene rings is 1. The Hall–Kier alpha value is -3.10. The van der Waals surface area contributed by atoms with Gasteiger partial charge in [0.1, 0.15) is 0 Å². The number of hydrogen-bond donors (Lipinski definition) is 1. The van der Waals surface area contributed by atoms with Gasteiger partial charge in [0, 0.05) is 26.2 Å². The molecule has 0 radical (unpaired) electrons. The summed E-state index contributed by atoms with van der Waals surface area (Å²) in [6.45, 7) is 3.02. The van der Waals surface area contributed by atoms with E-state index in [-0.39, 0.29) is 44.0 Å². The highest BCUT2D eigenvalue weighted by atomic mass is 16.6. The molecule has 1 N–H and O–H groups in total. The summed E-state index contributed by atoms with van der Waals surface area (Å²) in [6.07, 6.45) is -0.434. The minimum absolute atomic E-state index is 0.156. The van der Waals surface area contributed by atoms with Crippen LogP contribution in [0.5, 0.6) is 0 Å². The Bertz CT molecular complexity index is 697. The summed E-state index contributed by atoms with van der Waals surface area (Å²) in [6, 6.07) is 6.25. The summed E-state index contributed by atoms with van der Waals surface area (Å²) >= 11 is 0. The van der Waals surface area contributed by atoms with E-state index >= 15 is 0 Å². The Morgan fingerprint density at radius 1 is 1.04 bits per heavy atom.